The van der Waals surface area contributed by atoms with Crippen LogP contribution in [0.4, 0.5) is 63.2 Å². The highest BCUT2D eigenvalue weighted by Gasteiger charge is 2.82. The van der Waals surface area contributed by atoms with Crippen LogP contribution in [0.25, 0.3) is 0 Å². The summed E-state index contributed by atoms with van der Waals surface area (Å²) < 4.78 is 165. The second-order valence-electron chi connectivity index (χ2n) is 10.5. The Bertz CT molecular complexity index is 1290. The maximum Gasteiger partial charge on any atom is 0.460 e. The normalized spacial score (nSPS) is 20.3. The van der Waals surface area contributed by atoms with Gasteiger partial charge in [-0.3, -0.25) is 0 Å². The van der Waals surface area contributed by atoms with Gasteiger partial charge in [-0.05, 0) is 47.7 Å². The fraction of sp³-hybridized carbons (Fsp3) is 0.480. The van der Waals surface area contributed by atoms with Crippen molar-refractivity contribution in [2.24, 2.45) is 5.41 Å². The predicted octanol–water partition coefficient (Wildman–Crippen LogP) is 9.49. The first-order valence-electron chi connectivity index (χ1n) is 11.6. The molecule has 41 heavy (non-hydrogen) atoms. The van der Waals surface area contributed by atoms with Gasteiger partial charge in [-0.1, -0.05) is 48.0 Å². The van der Waals surface area contributed by atoms with Crippen LogP contribution < -0.4 is 5.32 Å². The molecule has 1 atom stereocenters. The molecule has 3 nitrogen and oxygen atoms in total. The van der Waals surface area contributed by atoms with Crippen molar-refractivity contribution in [2.75, 3.05) is 11.9 Å². The minimum absolute atomic E-state index is 0.160. The number of rotatable bonds is 6. The van der Waals surface area contributed by atoms with Crippen LogP contribution in [-0.2, 0) is 11.7 Å². The van der Waals surface area contributed by atoms with E-state index in [9.17, 15) is 48.7 Å². The first-order valence-corrected chi connectivity index (χ1v) is 12.4. The molecule has 0 spiro atoms. The monoisotopic (exact) mass is 672 g/mol. The zero-order chi connectivity index (χ0) is 31.4. The fourth-order valence-corrected chi connectivity index (χ4v) is 5.33. The van der Waals surface area contributed by atoms with E-state index in [1.807, 2.05) is 0 Å². The third-order valence-corrected chi connectivity index (χ3v) is 7.14. The number of likely N-dealkylation sites (tertiary alicyclic amines) is 1. The summed E-state index contributed by atoms with van der Waals surface area (Å²) in [6.07, 6.45) is -14.9. The number of benzene rings is 2. The lowest BCUT2D eigenvalue weighted by Crippen LogP contribution is -2.63. The van der Waals surface area contributed by atoms with Gasteiger partial charge >= 0.3 is 36.2 Å². The van der Waals surface area contributed by atoms with Crippen molar-refractivity contribution >= 4 is 27.6 Å². The number of urea groups is 1. The van der Waals surface area contributed by atoms with E-state index in [1.54, 1.807) is 0 Å². The average Bonchev–Trinajstić information content (AvgIpc) is 3.08. The van der Waals surface area contributed by atoms with Gasteiger partial charge in [0.05, 0.1) is 11.1 Å². The van der Waals surface area contributed by atoms with Gasteiger partial charge in [-0.25, -0.2) is 4.79 Å². The van der Waals surface area contributed by atoms with Gasteiger partial charge in [0.1, 0.15) is 0 Å². The minimum atomic E-state index is -7.15. The molecule has 3 rings (SSSR count). The molecule has 0 radical (unpaired) electrons. The smallest absolute Gasteiger partial charge is 0.314 e. The molecular weight excluding hydrogens is 652 g/mol. The number of halogens is 13. The van der Waals surface area contributed by atoms with Crippen LogP contribution in [0, 0.1) is 5.41 Å². The van der Waals surface area contributed by atoms with Crippen LogP contribution in [0.2, 0.25) is 0 Å². The molecular formula is C25H21BrF12N2O. The lowest BCUT2D eigenvalue weighted by Gasteiger charge is -2.43. The van der Waals surface area contributed by atoms with Crippen molar-refractivity contribution in [3.05, 3.63) is 64.1 Å². The van der Waals surface area contributed by atoms with Crippen molar-refractivity contribution in [3.63, 3.8) is 0 Å². The molecule has 0 aromatic heterocycles. The highest BCUT2D eigenvalue weighted by atomic mass is 79.9. The number of alkyl halides is 12. The van der Waals surface area contributed by atoms with Crippen molar-refractivity contribution in [2.45, 2.75) is 62.3 Å². The van der Waals surface area contributed by atoms with Crippen molar-refractivity contribution in [3.8, 4) is 0 Å². The van der Waals surface area contributed by atoms with Crippen LogP contribution in [0.5, 0.6) is 0 Å². The molecule has 228 valence electrons. The van der Waals surface area contributed by atoms with E-state index in [0.29, 0.717) is 17.0 Å². The number of carbonyl (C=O) groups is 1. The molecule has 2 aromatic rings. The Kier molecular flexibility index (Phi) is 8.22. The summed E-state index contributed by atoms with van der Waals surface area (Å²) in [6, 6.07) is 6.52. The Morgan fingerprint density at radius 2 is 1.46 bits per heavy atom. The van der Waals surface area contributed by atoms with Gasteiger partial charge in [0.2, 0.25) is 0 Å². The lowest BCUT2D eigenvalue weighted by atomic mass is 9.75. The van der Waals surface area contributed by atoms with Crippen LogP contribution in [-0.4, -0.2) is 41.4 Å². The molecule has 0 bridgehead atoms. The molecule has 1 heterocycles. The molecule has 1 fully saturated rings. The Morgan fingerprint density at radius 3 is 2.00 bits per heavy atom. The Balaban J connectivity index is 2.17. The van der Waals surface area contributed by atoms with E-state index in [4.69, 9.17) is 0 Å². The first-order chi connectivity index (χ1) is 18.4. The molecule has 2 aromatic carbocycles. The topological polar surface area (TPSA) is 32.3 Å². The quantitative estimate of drug-likeness (QED) is 0.305. The Hall–Kier alpha value is -2.65. The fourth-order valence-electron chi connectivity index (χ4n) is 4.93. The van der Waals surface area contributed by atoms with E-state index < -0.39 is 77.7 Å². The second kappa shape index (κ2) is 10.3. The van der Waals surface area contributed by atoms with Gasteiger partial charge in [0, 0.05) is 23.1 Å². The number of carbonyl (C=O) groups excluding carboxylic acids is 1. The summed E-state index contributed by atoms with van der Waals surface area (Å²) in [5.74, 6) is -20.2. The number of amides is 2. The summed E-state index contributed by atoms with van der Waals surface area (Å²) in [5.41, 5.74) is -5.81. The number of nitrogens with zero attached hydrogens (tertiary/aromatic N) is 1. The lowest BCUT2D eigenvalue weighted by molar-refractivity contribution is -0.399. The van der Waals surface area contributed by atoms with E-state index in [0.717, 1.165) is 24.3 Å². The van der Waals surface area contributed by atoms with Crippen molar-refractivity contribution in [1.82, 2.24) is 4.90 Å². The van der Waals surface area contributed by atoms with Crippen molar-refractivity contribution < 1.29 is 57.5 Å². The third-order valence-electron chi connectivity index (χ3n) is 6.65. The van der Waals surface area contributed by atoms with E-state index in [2.05, 4.69) is 21.2 Å². The molecule has 1 N–H and O–H groups in total. The maximum absolute atomic E-state index is 15.2. The Labute approximate surface area is 234 Å². The summed E-state index contributed by atoms with van der Waals surface area (Å²) >= 11 is 3.05. The molecule has 1 saturated heterocycles. The summed E-state index contributed by atoms with van der Waals surface area (Å²) in [6.45, 7) is 2.29. The SMILES string of the molecule is CC1(C)CN(C(=O)Nc2cccc(C(F)(F)F)c2)[C@](CC(F)(F)C(F)(F)C(F)(F)C(F)(F)F)(c2cccc(Br)c2)C1. The highest BCUT2D eigenvalue weighted by molar-refractivity contribution is 9.10. The average molecular weight is 673 g/mol. The van der Waals surface area contributed by atoms with Crippen molar-refractivity contribution in [1.29, 1.82) is 0 Å². The Morgan fingerprint density at radius 1 is 0.878 bits per heavy atom. The van der Waals surface area contributed by atoms with Gasteiger partial charge in [0.15, 0.2) is 0 Å². The van der Waals surface area contributed by atoms with E-state index in [-0.39, 0.29) is 10.0 Å². The summed E-state index contributed by atoms with van der Waals surface area (Å²) in [5, 5.41) is 2.07. The largest absolute Gasteiger partial charge is 0.460 e. The van der Waals surface area contributed by atoms with Gasteiger partial charge < -0.3 is 10.2 Å². The molecule has 2 amide bonds. The molecule has 1 aliphatic rings. The van der Waals surface area contributed by atoms with Crippen LogP contribution in [0.1, 0.15) is 37.8 Å². The molecule has 16 heteroatoms. The van der Waals surface area contributed by atoms with Gasteiger partial charge in [-0.15, -0.1) is 0 Å². The summed E-state index contributed by atoms with van der Waals surface area (Å²) in [4.78, 5) is 13.9. The van der Waals surface area contributed by atoms with E-state index >= 15 is 8.78 Å². The number of nitrogens with one attached hydrogen (secondary N) is 1. The van der Waals surface area contributed by atoms with Gasteiger partial charge in [0.25, 0.3) is 0 Å². The molecule has 0 aliphatic carbocycles. The molecule has 0 saturated carbocycles. The predicted molar refractivity (Wildman–Crippen MR) is 127 cm³/mol. The number of anilines is 1. The maximum atomic E-state index is 15.2. The molecule has 0 unspecified atom stereocenters. The second-order valence-corrected chi connectivity index (χ2v) is 11.4. The zero-order valence-electron chi connectivity index (χ0n) is 21.0. The van der Waals surface area contributed by atoms with Crippen LogP contribution in [0.3, 0.4) is 0 Å². The standard InChI is InChI=1S/C25H21BrF12N2O/c1-19(2)11-20(14-5-3-7-16(26)9-14,12-21(27,28)23(32,33)24(34,35)25(36,37)38)40(13-19)18(41)39-17-8-4-6-15(10-17)22(29,30)31/h3-10H,11-13H2,1-2H3,(H,39,41)/t20-/m1/s1. The minimum Gasteiger partial charge on any atom is -0.314 e. The highest BCUT2D eigenvalue weighted by Crippen LogP contribution is 2.59. The summed E-state index contributed by atoms with van der Waals surface area (Å²) in [7, 11) is 0. The number of hydrogen-bond donors (Lipinski definition) is 1. The zero-order valence-corrected chi connectivity index (χ0v) is 22.6. The van der Waals surface area contributed by atoms with Gasteiger partial charge in [-0.2, -0.15) is 52.7 Å². The number of hydrogen-bond acceptors (Lipinski definition) is 1. The third kappa shape index (κ3) is 6.12. The van der Waals surface area contributed by atoms with Crippen LogP contribution in [0.15, 0.2) is 53.0 Å². The van der Waals surface area contributed by atoms with Crippen LogP contribution >= 0.6 is 15.9 Å². The first kappa shape index (κ1) is 32.9. The molecule has 1 aliphatic heterocycles. The van der Waals surface area contributed by atoms with E-state index in [1.165, 1.54) is 26.0 Å².